The highest BCUT2D eigenvalue weighted by molar-refractivity contribution is 5.47. The molecule has 0 amide bonds. The molecule has 5 heteroatoms. The molecular formula is C30H33N5. The molecule has 1 aliphatic rings. The van der Waals surface area contributed by atoms with Gasteiger partial charge in [0.05, 0.1) is 11.4 Å². The Labute approximate surface area is 208 Å². The Kier molecular flexibility index (Phi) is 7.78. The summed E-state index contributed by atoms with van der Waals surface area (Å²) in [5.74, 6) is 0. The molecule has 3 heterocycles. The molecule has 1 fully saturated rings. The van der Waals surface area contributed by atoms with Crippen LogP contribution in [0.25, 0.3) is 0 Å². The van der Waals surface area contributed by atoms with Crippen LogP contribution < -0.4 is 10.2 Å². The molecule has 1 N–H and O–H groups in total. The summed E-state index contributed by atoms with van der Waals surface area (Å²) in [5, 5.41) is 3.49. The average Bonchev–Trinajstić information content (AvgIpc) is 3.42. The Hall–Kier alpha value is -3.54. The number of para-hydroxylation sites is 1. The number of pyridine rings is 2. The Morgan fingerprint density at radius 3 is 2.11 bits per heavy atom. The Morgan fingerprint density at radius 1 is 0.714 bits per heavy atom. The first-order chi connectivity index (χ1) is 17.3. The van der Waals surface area contributed by atoms with Gasteiger partial charge in [0.2, 0.25) is 0 Å². The molecule has 35 heavy (non-hydrogen) atoms. The molecule has 2 aromatic carbocycles. The number of hydrogen-bond donors (Lipinski definition) is 1. The molecule has 178 valence electrons. The van der Waals surface area contributed by atoms with Gasteiger partial charge in [0.15, 0.2) is 0 Å². The molecule has 4 aromatic rings. The maximum Gasteiger partial charge on any atom is 0.0544 e. The van der Waals surface area contributed by atoms with Gasteiger partial charge in [0.1, 0.15) is 0 Å². The van der Waals surface area contributed by atoms with Crippen LogP contribution in [-0.4, -0.2) is 34.0 Å². The van der Waals surface area contributed by atoms with Crippen molar-refractivity contribution in [2.24, 2.45) is 0 Å². The van der Waals surface area contributed by atoms with Gasteiger partial charge < -0.3 is 10.2 Å². The smallest absolute Gasteiger partial charge is 0.0544 e. The van der Waals surface area contributed by atoms with Crippen molar-refractivity contribution in [2.75, 3.05) is 18.0 Å². The van der Waals surface area contributed by atoms with Gasteiger partial charge in [-0.3, -0.25) is 14.9 Å². The zero-order chi connectivity index (χ0) is 23.7. The van der Waals surface area contributed by atoms with Gasteiger partial charge in [-0.15, -0.1) is 0 Å². The summed E-state index contributed by atoms with van der Waals surface area (Å²) >= 11 is 0. The van der Waals surface area contributed by atoms with Gasteiger partial charge in [0, 0.05) is 63.4 Å². The lowest BCUT2D eigenvalue weighted by Crippen LogP contribution is -2.37. The van der Waals surface area contributed by atoms with E-state index >= 15 is 0 Å². The van der Waals surface area contributed by atoms with Crippen LogP contribution in [-0.2, 0) is 26.2 Å². The van der Waals surface area contributed by atoms with Gasteiger partial charge >= 0.3 is 0 Å². The van der Waals surface area contributed by atoms with Gasteiger partial charge in [-0.25, -0.2) is 0 Å². The molecule has 2 aromatic heterocycles. The fourth-order valence-corrected chi connectivity index (χ4v) is 4.76. The van der Waals surface area contributed by atoms with E-state index in [1.165, 1.54) is 16.8 Å². The highest BCUT2D eigenvalue weighted by atomic mass is 15.3. The van der Waals surface area contributed by atoms with E-state index in [1.807, 2.05) is 36.7 Å². The summed E-state index contributed by atoms with van der Waals surface area (Å²) in [6.45, 7) is 5.54. The number of aromatic nitrogens is 2. The molecule has 1 atom stereocenters. The van der Waals surface area contributed by atoms with Crippen molar-refractivity contribution in [2.45, 2.75) is 38.6 Å². The normalized spacial score (nSPS) is 15.6. The minimum absolute atomic E-state index is 0.497. The summed E-state index contributed by atoms with van der Waals surface area (Å²) in [7, 11) is 0. The van der Waals surface area contributed by atoms with Crippen LogP contribution in [0.3, 0.4) is 0 Å². The number of nitrogens with zero attached hydrogens (tertiary/aromatic N) is 4. The summed E-state index contributed by atoms with van der Waals surface area (Å²) in [6, 6.07) is 32.5. The molecule has 1 saturated heterocycles. The number of hydrogen-bond acceptors (Lipinski definition) is 5. The number of rotatable bonds is 10. The second kappa shape index (κ2) is 11.7. The SMILES string of the molecule is c1ccc(N2CCC(N(Cc3ccc(CNCc4ccccn4)cc3)Cc3ccccn3)C2)cc1. The number of anilines is 1. The molecule has 0 aliphatic carbocycles. The van der Waals surface area contributed by atoms with E-state index in [2.05, 4.69) is 91.8 Å². The predicted octanol–water partition coefficient (Wildman–Crippen LogP) is 5.05. The highest BCUT2D eigenvalue weighted by Crippen LogP contribution is 2.25. The van der Waals surface area contributed by atoms with E-state index in [4.69, 9.17) is 0 Å². The van der Waals surface area contributed by atoms with Crippen molar-refractivity contribution < 1.29 is 0 Å². The summed E-state index contributed by atoms with van der Waals surface area (Å²) in [5.41, 5.74) is 6.14. The van der Waals surface area contributed by atoms with E-state index in [-0.39, 0.29) is 0 Å². The minimum atomic E-state index is 0.497. The average molecular weight is 464 g/mol. The standard InChI is InChI=1S/C30H33N5/c1-2-10-29(11-3-1)34-19-16-30(24-34)35(23-28-9-5-7-18-33-28)22-26-14-12-25(13-15-26)20-31-21-27-8-4-6-17-32-27/h1-15,17-18,30-31H,16,19-24H2. The van der Waals surface area contributed by atoms with Crippen LogP contribution in [0.5, 0.6) is 0 Å². The maximum absolute atomic E-state index is 4.61. The van der Waals surface area contributed by atoms with Crippen LogP contribution in [0.15, 0.2) is 103 Å². The zero-order valence-electron chi connectivity index (χ0n) is 20.1. The fraction of sp³-hybridized carbons (Fsp3) is 0.267. The minimum Gasteiger partial charge on any atom is -0.370 e. The lowest BCUT2D eigenvalue weighted by atomic mass is 10.1. The quantitative estimate of drug-likeness (QED) is 0.357. The third kappa shape index (κ3) is 6.53. The van der Waals surface area contributed by atoms with Crippen molar-refractivity contribution in [1.82, 2.24) is 20.2 Å². The van der Waals surface area contributed by atoms with Crippen LogP contribution in [0.2, 0.25) is 0 Å². The van der Waals surface area contributed by atoms with Crippen LogP contribution in [0.4, 0.5) is 5.69 Å². The van der Waals surface area contributed by atoms with E-state index < -0.39 is 0 Å². The third-order valence-corrected chi connectivity index (χ3v) is 6.66. The highest BCUT2D eigenvalue weighted by Gasteiger charge is 2.28. The first kappa shape index (κ1) is 23.2. The molecule has 0 bridgehead atoms. The number of nitrogens with one attached hydrogen (secondary N) is 1. The van der Waals surface area contributed by atoms with Crippen LogP contribution in [0.1, 0.15) is 28.9 Å². The maximum atomic E-state index is 4.61. The van der Waals surface area contributed by atoms with Crippen LogP contribution >= 0.6 is 0 Å². The van der Waals surface area contributed by atoms with Crippen molar-refractivity contribution >= 4 is 5.69 Å². The first-order valence-electron chi connectivity index (χ1n) is 12.5. The lowest BCUT2D eigenvalue weighted by molar-refractivity contribution is 0.189. The molecule has 1 aliphatic heterocycles. The monoisotopic (exact) mass is 463 g/mol. The van der Waals surface area contributed by atoms with Gasteiger partial charge in [-0.05, 0) is 53.9 Å². The molecule has 0 saturated carbocycles. The van der Waals surface area contributed by atoms with Gasteiger partial charge in [0.25, 0.3) is 0 Å². The Balaban J connectivity index is 1.22. The third-order valence-electron chi connectivity index (χ3n) is 6.66. The number of benzene rings is 2. The molecule has 0 spiro atoms. The second-order valence-electron chi connectivity index (χ2n) is 9.19. The van der Waals surface area contributed by atoms with Crippen molar-refractivity contribution in [3.05, 3.63) is 126 Å². The molecule has 5 nitrogen and oxygen atoms in total. The molecular weight excluding hydrogens is 430 g/mol. The molecule has 1 unspecified atom stereocenters. The van der Waals surface area contributed by atoms with Gasteiger partial charge in [-0.2, -0.15) is 0 Å². The van der Waals surface area contributed by atoms with E-state index in [1.54, 1.807) is 0 Å². The van der Waals surface area contributed by atoms with E-state index in [9.17, 15) is 0 Å². The van der Waals surface area contributed by atoms with Crippen molar-refractivity contribution in [1.29, 1.82) is 0 Å². The van der Waals surface area contributed by atoms with Crippen LogP contribution in [0, 0.1) is 0 Å². The Morgan fingerprint density at radius 2 is 1.40 bits per heavy atom. The summed E-state index contributed by atoms with van der Waals surface area (Å²) in [6.07, 6.45) is 4.90. The molecule has 0 radical (unpaired) electrons. The van der Waals surface area contributed by atoms with E-state index in [0.29, 0.717) is 6.04 Å². The van der Waals surface area contributed by atoms with E-state index in [0.717, 1.165) is 57.1 Å². The molecule has 5 rings (SSSR count). The van der Waals surface area contributed by atoms with Gasteiger partial charge in [-0.1, -0.05) is 54.6 Å². The first-order valence-corrected chi connectivity index (χ1v) is 12.5. The van der Waals surface area contributed by atoms with Crippen molar-refractivity contribution in [3.63, 3.8) is 0 Å². The predicted molar refractivity (Wildman–Crippen MR) is 142 cm³/mol. The summed E-state index contributed by atoms with van der Waals surface area (Å²) in [4.78, 5) is 14.1. The zero-order valence-corrected chi connectivity index (χ0v) is 20.1. The lowest BCUT2D eigenvalue weighted by Gasteiger charge is -2.29. The topological polar surface area (TPSA) is 44.3 Å². The summed E-state index contributed by atoms with van der Waals surface area (Å²) < 4.78 is 0. The largest absolute Gasteiger partial charge is 0.370 e. The van der Waals surface area contributed by atoms with Crippen molar-refractivity contribution in [3.8, 4) is 0 Å². The Bertz CT molecular complexity index is 1150. The fourth-order valence-electron chi connectivity index (χ4n) is 4.76. The second-order valence-corrected chi connectivity index (χ2v) is 9.19.